The summed E-state index contributed by atoms with van der Waals surface area (Å²) in [7, 11) is 0. The molecule has 2 amide bonds. The molecule has 0 atom stereocenters. The summed E-state index contributed by atoms with van der Waals surface area (Å²) in [4.78, 5) is 28.8. The number of carbonyl (C=O) groups excluding carboxylic acids is 2. The fourth-order valence-electron chi connectivity index (χ4n) is 3.27. The number of amides is 2. The van der Waals surface area contributed by atoms with E-state index in [4.69, 9.17) is 0 Å². The molecule has 1 aliphatic carbocycles. The molecule has 0 radical (unpaired) electrons. The predicted octanol–water partition coefficient (Wildman–Crippen LogP) is 4.17. The summed E-state index contributed by atoms with van der Waals surface area (Å²) in [6.07, 6.45) is 5.51. The van der Waals surface area contributed by atoms with Crippen LogP contribution in [0.4, 0.5) is 0 Å². The number of nitrogens with zero attached hydrogens (tertiary/aromatic N) is 1. The molecule has 3 rings (SSSR count). The first-order chi connectivity index (χ1) is 13.6. The molecule has 2 aromatic rings. The Balaban J connectivity index is 1.36. The van der Waals surface area contributed by atoms with Crippen molar-refractivity contribution in [3.05, 3.63) is 46.5 Å². The molecule has 0 bridgehead atoms. The molecule has 1 fully saturated rings. The third-order valence-corrected chi connectivity index (χ3v) is 7.07. The van der Waals surface area contributed by atoms with Crippen LogP contribution < -0.4 is 10.6 Å². The fraction of sp³-hybridized carbons (Fsp3) is 0.476. The summed E-state index contributed by atoms with van der Waals surface area (Å²) in [6, 6.07) is 7.65. The summed E-state index contributed by atoms with van der Waals surface area (Å²) in [5, 5.41) is 7.86. The Bertz CT molecular complexity index is 783. The molecule has 1 saturated carbocycles. The molecule has 5 nitrogen and oxygen atoms in total. The monoisotopic (exact) mass is 417 g/mol. The van der Waals surface area contributed by atoms with Crippen LogP contribution in [0.15, 0.2) is 34.0 Å². The van der Waals surface area contributed by atoms with Gasteiger partial charge in [-0.05, 0) is 37.5 Å². The summed E-state index contributed by atoms with van der Waals surface area (Å²) >= 11 is 3.36. The molecule has 0 aliphatic heterocycles. The van der Waals surface area contributed by atoms with Crippen molar-refractivity contribution in [2.24, 2.45) is 5.92 Å². The van der Waals surface area contributed by atoms with E-state index in [1.807, 2.05) is 36.6 Å². The number of nitrogens with one attached hydrogen (secondary N) is 2. The van der Waals surface area contributed by atoms with E-state index in [0.29, 0.717) is 18.7 Å². The topological polar surface area (TPSA) is 71.1 Å². The number of aromatic nitrogens is 1. The molecular formula is C21H27N3O2S2. The minimum absolute atomic E-state index is 0.110. The van der Waals surface area contributed by atoms with Crippen LogP contribution in [0, 0.1) is 12.8 Å². The van der Waals surface area contributed by atoms with E-state index in [2.05, 4.69) is 15.6 Å². The van der Waals surface area contributed by atoms with Gasteiger partial charge < -0.3 is 10.6 Å². The zero-order chi connectivity index (χ0) is 19.8. The second-order valence-corrected chi connectivity index (χ2v) is 9.20. The lowest BCUT2D eigenvalue weighted by molar-refractivity contribution is -0.125. The van der Waals surface area contributed by atoms with Crippen molar-refractivity contribution in [2.75, 3.05) is 13.1 Å². The van der Waals surface area contributed by atoms with Crippen LogP contribution in [0.2, 0.25) is 0 Å². The zero-order valence-electron chi connectivity index (χ0n) is 16.2. The van der Waals surface area contributed by atoms with Crippen LogP contribution in [0.5, 0.6) is 0 Å². The molecule has 1 aromatic carbocycles. The third kappa shape index (κ3) is 6.34. The van der Waals surface area contributed by atoms with E-state index in [-0.39, 0.29) is 17.7 Å². The van der Waals surface area contributed by atoms with E-state index in [0.717, 1.165) is 47.0 Å². The highest BCUT2D eigenvalue weighted by molar-refractivity contribution is 8.00. The van der Waals surface area contributed by atoms with E-state index in [1.165, 1.54) is 6.42 Å². The van der Waals surface area contributed by atoms with Crippen LogP contribution in [0.25, 0.3) is 0 Å². The van der Waals surface area contributed by atoms with Crippen LogP contribution in [0.1, 0.15) is 53.7 Å². The molecule has 2 N–H and O–H groups in total. The van der Waals surface area contributed by atoms with Crippen molar-refractivity contribution >= 4 is 34.9 Å². The Labute approximate surface area is 174 Å². The number of thiazole rings is 1. The largest absolute Gasteiger partial charge is 0.354 e. The highest BCUT2D eigenvalue weighted by atomic mass is 32.2. The van der Waals surface area contributed by atoms with Crippen molar-refractivity contribution < 1.29 is 9.59 Å². The summed E-state index contributed by atoms with van der Waals surface area (Å²) < 4.78 is 1.06. The Morgan fingerprint density at radius 3 is 2.50 bits per heavy atom. The second kappa shape index (κ2) is 10.6. The number of carbonyl (C=O) groups is 2. The number of hydrogen-bond acceptors (Lipinski definition) is 5. The highest BCUT2D eigenvalue weighted by Gasteiger charge is 2.20. The fourth-order valence-corrected chi connectivity index (χ4v) is 5.07. The van der Waals surface area contributed by atoms with Crippen LogP contribution in [-0.2, 0) is 10.5 Å². The van der Waals surface area contributed by atoms with Gasteiger partial charge in [-0.3, -0.25) is 9.59 Å². The van der Waals surface area contributed by atoms with Crippen LogP contribution >= 0.6 is 23.1 Å². The quantitative estimate of drug-likeness (QED) is 0.499. The van der Waals surface area contributed by atoms with Gasteiger partial charge in [0.15, 0.2) is 0 Å². The van der Waals surface area contributed by atoms with Crippen molar-refractivity contribution in [1.29, 1.82) is 0 Å². The molecule has 1 aliphatic rings. The standard InChI is InChI=1S/C21H27N3O2S2/c1-15-13-27-21(24-15)28-14-16-7-9-18(10-8-16)20(26)23-12-11-22-19(25)17-5-3-2-4-6-17/h7-10,13,17H,2-6,11-12,14H2,1H3,(H,22,25)(H,23,26). The van der Waals surface area contributed by atoms with Gasteiger partial charge in [-0.15, -0.1) is 11.3 Å². The van der Waals surface area contributed by atoms with Gasteiger partial charge in [-0.25, -0.2) is 4.98 Å². The van der Waals surface area contributed by atoms with Gasteiger partial charge in [0, 0.05) is 41.4 Å². The minimum atomic E-state index is -0.110. The number of benzene rings is 1. The summed E-state index contributed by atoms with van der Waals surface area (Å²) in [5.41, 5.74) is 2.85. The lowest BCUT2D eigenvalue weighted by Crippen LogP contribution is -2.38. The van der Waals surface area contributed by atoms with Crippen molar-refractivity contribution in [3.8, 4) is 0 Å². The van der Waals surface area contributed by atoms with Gasteiger partial charge in [0.2, 0.25) is 5.91 Å². The SMILES string of the molecule is Cc1csc(SCc2ccc(C(=O)NCCNC(=O)C3CCCCC3)cc2)n1. The lowest BCUT2D eigenvalue weighted by Gasteiger charge is -2.20. The first-order valence-electron chi connectivity index (χ1n) is 9.81. The van der Waals surface area contributed by atoms with Gasteiger partial charge in [-0.2, -0.15) is 0 Å². The highest BCUT2D eigenvalue weighted by Crippen LogP contribution is 2.26. The minimum Gasteiger partial charge on any atom is -0.354 e. The number of thioether (sulfide) groups is 1. The Morgan fingerprint density at radius 1 is 1.11 bits per heavy atom. The van der Waals surface area contributed by atoms with E-state index in [1.54, 1.807) is 23.1 Å². The number of aryl methyl sites for hydroxylation is 1. The predicted molar refractivity (Wildman–Crippen MR) is 115 cm³/mol. The maximum Gasteiger partial charge on any atom is 0.251 e. The normalized spacial score (nSPS) is 14.6. The molecular weight excluding hydrogens is 390 g/mol. The van der Waals surface area contributed by atoms with Crippen LogP contribution in [0.3, 0.4) is 0 Å². The number of hydrogen-bond donors (Lipinski definition) is 2. The van der Waals surface area contributed by atoms with Gasteiger partial charge in [0.05, 0.1) is 0 Å². The average molecular weight is 418 g/mol. The Hall–Kier alpha value is -1.86. The molecule has 0 unspecified atom stereocenters. The lowest BCUT2D eigenvalue weighted by atomic mass is 9.89. The van der Waals surface area contributed by atoms with E-state index >= 15 is 0 Å². The average Bonchev–Trinajstić information content (AvgIpc) is 3.15. The molecule has 7 heteroatoms. The molecule has 1 heterocycles. The first-order valence-corrected chi connectivity index (χ1v) is 11.7. The molecule has 1 aromatic heterocycles. The van der Waals surface area contributed by atoms with Gasteiger partial charge in [0.25, 0.3) is 5.91 Å². The molecule has 150 valence electrons. The molecule has 28 heavy (non-hydrogen) atoms. The Morgan fingerprint density at radius 2 is 1.82 bits per heavy atom. The zero-order valence-corrected chi connectivity index (χ0v) is 17.8. The van der Waals surface area contributed by atoms with Crippen molar-refractivity contribution in [2.45, 2.75) is 49.1 Å². The molecule has 0 spiro atoms. The number of rotatable bonds is 8. The summed E-state index contributed by atoms with van der Waals surface area (Å²) in [5.74, 6) is 1.01. The van der Waals surface area contributed by atoms with E-state index < -0.39 is 0 Å². The van der Waals surface area contributed by atoms with Crippen molar-refractivity contribution in [1.82, 2.24) is 15.6 Å². The van der Waals surface area contributed by atoms with Crippen LogP contribution in [-0.4, -0.2) is 29.9 Å². The molecule has 0 saturated heterocycles. The van der Waals surface area contributed by atoms with Gasteiger partial charge in [0.1, 0.15) is 4.34 Å². The smallest absolute Gasteiger partial charge is 0.251 e. The maximum atomic E-state index is 12.2. The van der Waals surface area contributed by atoms with Gasteiger partial charge >= 0.3 is 0 Å². The van der Waals surface area contributed by atoms with Crippen molar-refractivity contribution in [3.63, 3.8) is 0 Å². The maximum absolute atomic E-state index is 12.2. The first kappa shape index (κ1) is 20.9. The third-order valence-electron chi connectivity index (χ3n) is 4.86. The second-order valence-electron chi connectivity index (χ2n) is 7.12. The summed E-state index contributed by atoms with van der Waals surface area (Å²) in [6.45, 7) is 2.91. The van der Waals surface area contributed by atoms with Gasteiger partial charge in [-0.1, -0.05) is 43.2 Å². The van der Waals surface area contributed by atoms with E-state index in [9.17, 15) is 9.59 Å². The Kier molecular flexibility index (Phi) is 7.91.